The van der Waals surface area contributed by atoms with Crippen molar-refractivity contribution in [1.82, 2.24) is 9.97 Å². The molecule has 2 aromatic carbocycles. The second kappa shape index (κ2) is 9.46. The van der Waals surface area contributed by atoms with E-state index in [0.717, 1.165) is 28.0 Å². The molecule has 0 aliphatic heterocycles. The number of nitrogens with two attached hydrogens (primary N) is 1. The summed E-state index contributed by atoms with van der Waals surface area (Å²) in [4.78, 5) is 18.7. The number of anilines is 2. The molecular weight excluding hydrogens is 405 g/mol. The van der Waals surface area contributed by atoms with Crippen molar-refractivity contribution in [2.45, 2.75) is 18.0 Å². The highest BCUT2D eigenvalue weighted by Gasteiger charge is 2.38. The van der Waals surface area contributed by atoms with Crippen molar-refractivity contribution in [3.05, 3.63) is 42.5 Å². The van der Waals surface area contributed by atoms with Crippen LogP contribution in [0.25, 0.3) is 22.0 Å². The van der Waals surface area contributed by atoms with Crippen molar-refractivity contribution in [2.75, 3.05) is 23.9 Å². The topological polar surface area (TPSA) is 101 Å². The lowest BCUT2D eigenvalue weighted by Crippen LogP contribution is -2.21. The zero-order valence-electron chi connectivity index (χ0n) is 15.6. The van der Waals surface area contributed by atoms with Crippen molar-refractivity contribution >= 4 is 40.4 Å². The number of nitrogens with one attached hydrogen (secondary N) is 1. The van der Waals surface area contributed by atoms with E-state index in [4.69, 9.17) is 15.6 Å². The lowest BCUT2D eigenvalue weighted by molar-refractivity contribution is -0.192. The van der Waals surface area contributed by atoms with Crippen molar-refractivity contribution < 1.29 is 23.1 Å². The van der Waals surface area contributed by atoms with Gasteiger partial charge in [-0.05, 0) is 41.1 Å². The smallest absolute Gasteiger partial charge is 0.475 e. The predicted octanol–water partition coefficient (Wildman–Crippen LogP) is 4.67. The lowest BCUT2D eigenvalue weighted by Gasteiger charge is -2.08. The molecule has 0 spiro atoms. The molecule has 6 nitrogen and oxygen atoms in total. The zero-order chi connectivity index (χ0) is 21.6. The highest BCUT2D eigenvalue weighted by atomic mass is 32.2. The molecule has 3 rings (SSSR count). The Morgan fingerprint density at radius 2 is 1.72 bits per heavy atom. The number of benzene rings is 2. The third-order valence-electron chi connectivity index (χ3n) is 3.69. The molecular formula is C19H19F3N4O2S. The molecule has 0 atom stereocenters. The third kappa shape index (κ3) is 5.98. The Labute approximate surface area is 169 Å². The normalized spacial score (nSPS) is 10.9. The van der Waals surface area contributed by atoms with Gasteiger partial charge in [0.05, 0.1) is 5.52 Å². The maximum Gasteiger partial charge on any atom is 0.490 e. The van der Waals surface area contributed by atoms with Crippen LogP contribution in [0.2, 0.25) is 0 Å². The van der Waals surface area contributed by atoms with E-state index in [9.17, 15) is 13.2 Å². The van der Waals surface area contributed by atoms with Crippen LogP contribution in [0.5, 0.6) is 0 Å². The summed E-state index contributed by atoms with van der Waals surface area (Å²) in [6.45, 7) is 2.16. The molecule has 0 aliphatic rings. The van der Waals surface area contributed by atoms with Gasteiger partial charge in [0.2, 0.25) is 5.95 Å². The molecule has 0 saturated carbocycles. The first-order chi connectivity index (χ1) is 13.7. The minimum absolute atomic E-state index is 0.281. The number of carboxylic acid groups (broad SMARTS) is 1. The molecule has 3 aromatic rings. The maximum absolute atomic E-state index is 10.6. The van der Waals surface area contributed by atoms with Crippen LogP contribution >= 0.6 is 11.8 Å². The van der Waals surface area contributed by atoms with Crippen LogP contribution in [0.15, 0.2) is 47.4 Å². The number of fused-ring (bicyclic) bond motifs is 1. The molecule has 0 aliphatic carbocycles. The molecule has 0 unspecified atom stereocenters. The Hall–Kier alpha value is -3.01. The summed E-state index contributed by atoms with van der Waals surface area (Å²) in [6, 6.07) is 14.8. The Bertz CT molecular complexity index is 995. The molecule has 0 amide bonds. The van der Waals surface area contributed by atoms with Crippen LogP contribution in [-0.2, 0) is 4.79 Å². The summed E-state index contributed by atoms with van der Waals surface area (Å²) >= 11 is 1.84. The molecule has 29 heavy (non-hydrogen) atoms. The number of hydrogen-bond acceptors (Lipinski definition) is 6. The van der Waals surface area contributed by atoms with Gasteiger partial charge >= 0.3 is 12.1 Å². The van der Waals surface area contributed by atoms with Crippen LogP contribution in [0.4, 0.5) is 24.9 Å². The van der Waals surface area contributed by atoms with Gasteiger partial charge in [-0.3, -0.25) is 0 Å². The minimum Gasteiger partial charge on any atom is -0.475 e. The van der Waals surface area contributed by atoms with Crippen LogP contribution in [0.1, 0.15) is 6.92 Å². The van der Waals surface area contributed by atoms with Crippen molar-refractivity contribution in [2.24, 2.45) is 0 Å². The van der Waals surface area contributed by atoms with Crippen LogP contribution in [0, 0.1) is 0 Å². The average Bonchev–Trinajstić information content (AvgIpc) is 2.67. The van der Waals surface area contributed by atoms with E-state index < -0.39 is 12.1 Å². The summed E-state index contributed by atoms with van der Waals surface area (Å²) in [5.74, 6) is -0.641. The number of halogens is 3. The van der Waals surface area contributed by atoms with E-state index >= 15 is 0 Å². The molecule has 0 bridgehead atoms. The predicted molar refractivity (Wildman–Crippen MR) is 109 cm³/mol. The highest BCUT2D eigenvalue weighted by molar-refractivity contribution is 7.99. The van der Waals surface area contributed by atoms with Gasteiger partial charge < -0.3 is 16.2 Å². The number of nitrogen functional groups attached to an aromatic ring is 1. The van der Waals surface area contributed by atoms with Crippen molar-refractivity contribution in [1.29, 1.82) is 0 Å². The number of aromatic nitrogens is 2. The summed E-state index contributed by atoms with van der Waals surface area (Å²) in [6.07, 6.45) is -5.08. The number of carboxylic acids is 1. The Morgan fingerprint density at radius 1 is 1.14 bits per heavy atom. The van der Waals surface area contributed by atoms with Gasteiger partial charge in [0, 0.05) is 17.3 Å². The Kier molecular flexibility index (Phi) is 7.27. The molecule has 4 N–H and O–H groups in total. The molecule has 0 saturated heterocycles. The molecule has 1 heterocycles. The maximum atomic E-state index is 10.6. The largest absolute Gasteiger partial charge is 0.490 e. The van der Waals surface area contributed by atoms with E-state index in [0.29, 0.717) is 0 Å². The standard InChI is InChI=1S/C17H18N4S.C2HF3O2/c1-3-22-13-7-4-11(5-8-13)12-6-9-14-15(10-12)20-17(18)21-16(14)19-2;3-2(4,5)1(6)7/h4-10H,3H2,1-2H3,(H3,18,19,20,21);(H,6,7). The summed E-state index contributed by atoms with van der Waals surface area (Å²) < 4.78 is 31.7. The molecule has 10 heteroatoms. The van der Waals surface area contributed by atoms with E-state index in [1.807, 2.05) is 24.9 Å². The van der Waals surface area contributed by atoms with E-state index in [1.165, 1.54) is 10.5 Å². The average molecular weight is 424 g/mol. The number of nitrogens with zero attached hydrogens (tertiary/aromatic N) is 2. The Morgan fingerprint density at radius 3 is 2.24 bits per heavy atom. The fourth-order valence-electron chi connectivity index (χ4n) is 2.43. The first-order valence-electron chi connectivity index (χ1n) is 8.44. The van der Waals surface area contributed by atoms with Gasteiger partial charge in [0.25, 0.3) is 0 Å². The van der Waals surface area contributed by atoms with Crippen LogP contribution < -0.4 is 11.1 Å². The first-order valence-corrected chi connectivity index (χ1v) is 9.42. The summed E-state index contributed by atoms with van der Waals surface area (Å²) in [5, 5.41) is 11.2. The number of hydrogen-bond donors (Lipinski definition) is 3. The monoisotopic (exact) mass is 424 g/mol. The van der Waals surface area contributed by atoms with Crippen LogP contribution in [0.3, 0.4) is 0 Å². The van der Waals surface area contributed by atoms with Gasteiger partial charge in [0.15, 0.2) is 0 Å². The van der Waals surface area contributed by atoms with Gasteiger partial charge in [0.1, 0.15) is 5.82 Å². The lowest BCUT2D eigenvalue weighted by atomic mass is 10.0. The van der Waals surface area contributed by atoms with Crippen molar-refractivity contribution in [3.8, 4) is 11.1 Å². The minimum atomic E-state index is -5.08. The van der Waals surface area contributed by atoms with Gasteiger partial charge in [-0.1, -0.05) is 25.1 Å². The van der Waals surface area contributed by atoms with Crippen LogP contribution in [-0.4, -0.2) is 40.0 Å². The van der Waals surface area contributed by atoms with E-state index in [1.54, 1.807) is 0 Å². The van der Waals surface area contributed by atoms with E-state index in [-0.39, 0.29) is 5.95 Å². The van der Waals surface area contributed by atoms with Crippen molar-refractivity contribution in [3.63, 3.8) is 0 Å². The fourth-order valence-corrected chi connectivity index (χ4v) is 3.09. The quantitative estimate of drug-likeness (QED) is 0.523. The van der Waals surface area contributed by atoms with Gasteiger partial charge in [-0.2, -0.15) is 18.2 Å². The number of carbonyl (C=O) groups is 1. The summed E-state index contributed by atoms with van der Waals surface area (Å²) in [5.41, 5.74) is 8.92. The second-order valence-electron chi connectivity index (χ2n) is 5.67. The fraction of sp³-hybridized carbons (Fsp3) is 0.211. The molecule has 0 fully saturated rings. The molecule has 1 aromatic heterocycles. The second-order valence-corrected chi connectivity index (χ2v) is 7.01. The number of rotatable bonds is 4. The highest BCUT2D eigenvalue weighted by Crippen LogP contribution is 2.28. The van der Waals surface area contributed by atoms with Gasteiger partial charge in [-0.15, -0.1) is 11.8 Å². The molecule has 154 valence electrons. The SMILES string of the molecule is CCSc1ccc(-c2ccc3c(NC)nc(N)nc3c2)cc1.O=C(O)C(F)(F)F. The number of thioether (sulfide) groups is 1. The summed E-state index contributed by atoms with van der Waals surface area (Å²) in [7, 11) is 1.83. The first kappa shape index (κ1) is 22.3. The Balaban J connectivity index is 0.000000370. The molecule has 0 radical (unpaired) electrons. The number of alkyl halides is 3. The van der Waals surface area contributed by atoms with Gasteiger partial charge in [-0.25, -0.2) is 9.78 Å². The van der Waals surface area contributed by atoms with E-state index in [2.05, 4.69) is 58.6 Å². The third-order valence-corrected chi connectivity index (χ3v) is 4.59. The number of aliphatic carboxylic acids is 1. The zero-order valence-corrected chi connectivity index (χ0v) is 16.4.